The molecule has 1 heterocycles. The summed E-state index contributed by atoms with van der Waals surface area (Å²) in [6, 6.07) is 19.2. The van der Waals surface area contributed by atoms with Crippen LogP contribution >= 0.6 is 11.6 Å². The summed E-state index contributed by atoms with van der Waals surface area (Å²) in [6.45, 7) is 1.68. The van der Waals surface area contributed by atoms with Crippen LogP contribution in [0, 0.1) is 6.92 Å². The van der Waals surface area contributed by atoms with Crippen LogP contribution in [0.2, 0.25) is 5.02 Å². The molecule has 0 saturated carbocycles. The minimum absolute atomic E-state index is 0.0177. The maximum absolute atomic E-state index is 12.6. The maximum atomic E-state index is 12.6. The monoisotopic (exact) mass is 483 g/mol. The first kappa shape index (κ1) is 22.5. The van der Waals surface area contributed by atoms with Gasteiger partial charge in [-0.1, -0.05) is 29.3 Å². The first-order valence-electron chi connectivity index (χ1n) is 9.75. The number of aryl methyl sites for hydroxylation is 1. The van der Waals surface area contributed by atoms with Crippen molar-refractivity contribution < 1.29 is 22.4 Å². The highest BCUT2D eigenvalue weighted by atomic mass is 35.5. The molecule has 10 heteroatoms. The molecule has 1 N–H and O–H groups in total. The van der Waals surface area contributed by atoms with Crippen molar-refractivity contribution in [2.24, 2.45) is 0 Å². The number of carbonyl (C=O) groups excluding carboxylic acids is 1. The average Bonchev–Trinajstić information content (AvgIpc) is 3.28. The van der Waals surface area contributed by atoms with Gasteiger partial charge in [0, 0.05) is 16.3 Å². The number of anilines is 1. The van der Waals surface area contributed by atoms with Crippen LogP contribution in [0.5, 0.6) is 0 Å². The summed E-state index contributed by atoms with van der Waals surface area (Å²) in [6.07, 6.45) is 0. The fourth-order valence-corrected chi connectivity index (χ4v) is 4.02. The molecule has 0 saturated heterocycles. The van der Waals surface area contributed by atoms with Gasteiger partial charge in [-0.3, -0.25) is 4.72 Å². The minimum Gasteiger partial charge on any atom is -0.452 e. The third-order valence-electron chi connectivity index (χ3n) is 4.59. The van der Waals surface area contributed by atoms with Crippen molar-refractivity contribution in [3.05, 3.63) is 94.8 Å². The molecule has 0 amide bonds. The highest BCUT2D eigenvalue weighted by Crippen LogP contribution is 2.21. The molecule has 1 aromatic heterocycles. The van der Waals surface area contributed by atoms with Gasteiger partial charge < -0.3 is 9.15 Å². The summed E-state index contributed by atoms with van der Waals surface area (Å²) >= 11 is 5.86. The number of esters is 1. The Morgan fingerprint density at radius 3 is 2.30 bits per heavy atom. The van der Waals surface area contributed by atoms with Crippen LogP contribution in [0.1, 0.15) is 21.8 Å². The molecule has 0 aliphatic heterocycles. The number of carbonyl (C=O) groups is 1. The zero-order valence-electron chi connectivity index (χ0n) is 17.4. The van der Waals surface area contributed by atoms with Crippen LogP contribution in [0.3, 0.4) is 0 Å². The van der Waals surface area contributed by atoms with Crippen molar-refractivity contribution in [3.63, 3.8) is 0 Å². The van der Waals surface area contributed by atoms with E-state index >= 15 is 0 Å². The number of nitrogens with zero attached hydrogens (tertiary/aromatic N) is 2. The zero-order chi connectivity index (χ0) is 23.4. The Labute approximate surface area is 195 Å². The van der Waals surface area contributed by atoms with Crippen LogP contribution < -0.4 is 4.72 Å². The number of ether oxygens (including phenoxy) is 1. The molecule has 0 fully saturated rings. The molecule has 0 atom stereocenters. The summed E-state index contributed by atoms with van der Waals surface area (Å²) in [7, 11) is -3.79. The van der Waals surface area contributed by atoms with Crippen molar-refractivity contribution in [2.75, 3.05) is 4.72 Å². The molecular formula is C23H18ClN3O5S. The van der Waals surface area contributed by atoms with E-state index in [0.29, 0.717) is 16.3 Å². The van der Waals surface area contributed by atoms with Crippen LogP contribution in [0.25, 0.3) is 11.5 Å². The van der Waals surface area contributed by atoms with Gasteiger partial charge in [0.15, 0.2) is 6.61 Å². The molecule has 4 aromatic rings. The lowest BCUT2D eigenvalue weighted by molar-refractivity contribution is 0.0438. The molecule has 0 spiro atoms. The standard InChI is InChI=1S/C23H18ClN3O5S/c1-15-2-10-19(11-3-15)27-33(29,30)20-12-6-17(7-13-20)23(28)31-14-21-25-26-22(32-21)16-4-8-18(24)9-5-16/h2-13,27H,14H2,1H3. The molecule has 3 aromatic carbocycles. The van der Waals surface area contributed by atoms with Gasteiger partial charge in [0.1, 0.15) is 0 Å². The summed E-state index contributed by atoms with van der Waals surface area (Å²) in [5, 5.41) is 8.36. The Kier molecular flexibility index (Phi) is 6.43. The molecule has 0 aliphatic carbocycles. The van der Waals surface area contributed by atoms with E-state index in [2.05, 4.69) is 14.9 Å². The van der Waals surface area contributed by atoms with E-state index in [9.17, 15) is 13.2 Å². The van der Waals surface area contributed by atoms with Crippen molar-refractivity contribution >= 4 is 33.3 Å². The van der Waals surface area contributed by atoms with Crippen LogP contribution in [0.4, 0.5) is 5.69 Å². The first-order chi connectivity index (χ1) is 15.8. The predicted molar refractivity (Wildman–Crippen MR) is 122 cm³/mol. The maximum Gasteiger partial charge on any atom is 0.338 e. The van der Waals surface area contributed by atoms with Gasteiger partial charge in [0.05, 0.1) is 10.5 Å². The number of hydrogen-bond acceptors (Lipinski definition) is 7. The minimum atomic E-state index is -3.79. The van der Waals surface area contributed by atoms with Crippen molar-refractivity contribution in [1.82, 2.24) is 10.2 Å². The third-order valence-corrected chi connectivity index (χ3v) is 6.24. The quantitative estimate of drug-likeness (QED) is 0.374. The van der Waals surface area contributed by atoms with Crippen molar-refractivity contribution in [3.8, 4) is 11.5 Å². The van der Waals surface area contributed by atoms with E-state index < -0.39 is 16.0 Å². The number of aromatic nitrogens is 2. The van der Waals surface area contributed by atoms with Gasteiger partial charge in [-0.05, 0) is 67.6 Å². The lowest BCUT2D eigenvalue weighted by Gasteiger charge is -2.09. The molecule has 33 heavy (non-hydrogen) atoms. The van der Waals surface area contributed by atoms with E-state index in [1.54, 1.807) is 48.5 Å². The lowest BCUT2D eigenvalue weighted by atomic mass is 10.2. The molecule has 0 unspecified atom stereocenters. The highest BCUT2D eigenvalue weighted by Gasteiger charge is 2.17. The number of benzene rings is 3. The van der Waals surface area contributed by atoms with E-state index in [1.165, 1.54) is 24.3 Å². The van der Waals surface area contributed by atoms with Crippen molar-refractivity contribution in [1.29, 1.82) is 0 Å². The molecule has 4 rings (SSSR count). The summed E-state index contributed by atoms with van der Waals surface area (Å²) < 4.78 is 38.3. The average molecular weight is 484 g/mol. The van der Waals surface area contributed by atoms with Gasteiger partial charge in [-0.2, -0.15) is 0 Å². The molecule has 8 nitrogen and oxygen atoms in total. The van der Waals surface area contributed by atoms with Gasteiger partial charge in [0.25, 0.3) is 15.9 Å². The Morgan fingerprint density at radius 2 is 1.64 bits per heavy atom. The van der Waals surface area contributed by atoms with Crippen LogP contribution in [-0.2, 0) is 21.4 Å². The SMILES string of the molecule is Cc1ccc(NS(=O)(=O)c2ccc(C(=O)OCc3nnc(-c4ccc(Cl)cc4)o3)cc2)cc1. The first-order valence-corrected chi connectivity index (χ1v) is 11.6. The van der Waals surface area contributed by atoms with Crippen LogP contribution in [0.15, 0.2) is 82.1 Å². The van der Waals surface area contributed by atoms with E-state index in [0.717, 1.165) is 5.56 Å². The normalized spacial score (nSPS) is 11.2. The second-order valence-corrected chi connectivity index (χ2v) is 9.20. The Balaban J connectivity index is 1.37. The number of sulfonamides is 1. The second kappa shape index (κ2) is 9.43. The second-order valence-electron chi connectivity index (χ2n) is 7.08. The smallest absolute Gasteiger partial charge is 0.338 e. The summed E-state index contributed by atoms with van der Waals surface area (Å²) in [4.78, 5) is 12.3. The van der Waals surface area contributed by atoms with Gasteiger partial charge in [0.2, 0.25) is 5.89 Å². The molecule has 0 bridgehead atoms. The fraction of sp³-hybridized carbons (Fsp3) is 0.0870. The Hall–Kier alpha value is -3.69. The molecule has 0 radical (unpaired) electrons. The molecular weight excluding hydrogens is 466 g/mol. The zero-order valence-corrected chi connectivity index (χ0v) is 18.9. The Bertz CT molecular complexity index is 1370. The Morgan fingerprint density at radius 1 is 0.970 bits per heavy atom. The van der Waals surface area contributed by atoms with Gasteiger partial charge >= 0.3 is 5.97 Å². The topological polar surface area (TPSA) is 111 Å². The number of halogens is 1. The highest BCUT2D eigenvalue weighted by molar-refractivity contribution is 7.92. The number of hydrogen-bond donors (Lipinski definition) is 1. The molecule has 0 aliphatic rings. The molecule has 168 valence electrons. The summed E-state index contributed by atoms with van der Waals surface area (Å²) in [5.41, 5.74) is 2.33. The van der Waals surface area contributed by atoms with Crippen LogP contribution in [-0.4, -0.2) is 24.6 Å². The summed E-state index contributed by atoms with van der Waals surface area (Å²) in [5.74, 6) is -0.264. The lowest BCUT2D eigenvalue weighted by Crippen LogP contribution is -2.13. The third kappa shape index (κ3) is 5.57. The van der Waals surface area contributed by atoms with Gasteiger partial charge in [-0.15, -0.1) is 10.2 Å². The van der Waals surface area contributed by atoms with E-state index in [1.807, 2.05) is 6.92 Å². The number of rotatable bonds is 7. The fourth-order valence-electron chi connectivity index (χ4n) is 2.84. The van der Waals surface area contributed by atoms with E-state index in [-0.39, 0.29) is 28.8 Å². The number of nitrogens with one attached hydrogen (secondary N) is 1. The largest absolute Gasteiger partial charge is 0.452 e. The predicted octanol–water partition coefficient (Wildman–Crippen LogP) is 4.86. The van der Waals surface area contributed by atoms with Gasteiger partial charge in [-0.25, -0.2) is 13.2 Å². The van der Waals surface area contributed by atoms with Crippen molar-refractivity contribution in [2.45, 2.75) is 18.4 Å². The van der Waals surface area contributed by atoms with E-state index in [4.69, 9.17) is 20.8 Å².